The van der Waals surface area contributed by atoms with Crippen LogP contribution in [0.2, 0.25) is 0 Å². The number of rotatable bonds is 5. The highest BCUT2D eigenvalue weighted by atomic mass is 16.1. The zero-order valence-electron chi connectivity index (χ0n) is 8.81. The number of aldehydes is 1. The highest BCUT2D eigenvalue weighted by molar-refractivity contribution is 5.49. The Kier molecular flexibility index (Phi) is 3.71. The minimum atomic E-state index is 0.498. The van der Waals surface area contributed by atoms with E-state index in [1.165, 1.54) is 31.3 Å². The van der Waals surface area contributed by atoms with Crippen LogP contribution < -0.4 is 0 Å². The lowest BCUT2D eigenvalue weighted by atomic mass is 9.64. The van der Waals surface area contributed by atoms with E-state index in [-0.39, 0.29) is 0 Å². The van der Waals surface area contributed by atoms with Gasteiger partial charge in [-0.1, -0.05) is 18.1 Å². The minimum Gasteiger partial charge on any atom is -0.303 e. The molecule has 0 unspecified atom stereocenters. The van der Waals surface area contributed by atoms with Crippen LogP contribution in [0.25, 0.3) is 0 Å². The summed E-state index contributed by atoms with van der Waals surface area (Å²) in [6.07, 6.45) is 10.4. The maximum atomic E-state index is 10.3. The van der Waals surface area contributed by atoms with Gasteiger partial charge in [-0.2, -0.15) is 0 Å². The number of carbonyl (C=O) groups is 1. The standard InChI is InChI=1S/C12H20O/c1-11(2)5-9-12(6-3-7-12)8-4-10-13/h5,10H,3-4,6-9H2,1-2H3. The molecule has 0 saturated heterocycles. The van der Waals surface area contributed by atoms with E-state index in [1.807, 2.05) is 0 Å². The third-order valence-corrected chi connectivity index (χ3v) is 3.15. The van der Waals surface area contributed by atoms with Gasteiger partial charge in [-0.05, 0) is 44.9 Å². The molecule has 0 amide bonds. The SMILES string of the molecule is CC(C)=CCC1(CCC=O)CCC1. The highest BCUT2D eigenvalue weighted by Gasteiger charge is 2.34. The van der Waals surface area contributed by atoms with E-state index in [2.05, 4.69) is 19.9 Å². The van der Waals surface area contributed by atoms with Crippen LogP contribution in [0.1, 0.15) is 52.4 Å². The molecule has 1 saturated carbocycles. The summed E-state index contributed by atoms with van der Waals surface area (Å²) in [7, 11) is 0. The largest absolute Gasteiger partial charge is 0.303 e. The van der Waals surface area contributed by atoms with E-state index in [0.717, 1.165) is 19.1 Å². The fourth-order valence-corrected chi connectivity index (χ4v) is 2.02. The first-order valence-corrected chi connectivity index (χ1v) is 5.26. The zero-order valence-corrected chi connectivity index (χ0v) is 8.81. The average Bonchev–Trinajstić information content (AvgIpc) is 2.02. The van der Waals surface area contributed by atoms with Crippen LogP contribution in [-0.4, -0.2) is 6.29 Å². The summed E-state index contributed by atoms with van der Waals surface area (Å²) < 4.78 is 0. The first kappa shape index (κ1) is 10.5. The van der Waals surface area contributed by atoms with Crippen molar-refractivity contribution in [1.29, 1.82) is 0 Å². The Morgan fingerprint density at radius 2 is 2.08 bits per heavy atom. The molecule has 1 heteroatoms. The van der Waals surface area contributed by atoms with Gasteiger partial charge in [0.1, 0.15) is 6.29 Å². The maximum Gasteiger partial charge on any atom is 0.120 e. The van der Waals surface area contributed by atoms with Gasteiger partial charge in [-0.25, -0.2) is 0 Å². The smallest absolute Gasteiger partial charge is 0.120 e. The van der Waals surface area contributed by atoms with Crippen LogP contribution in [0.15, 0.2) is 11.6 Å². The summed E-state index contributed by atoms with van der Waals surface area (Å²) >= 11 is 0. The van der Waals surface area contributed by atoms with Crippen molar-refractivity contribution < 1.29 is 4.79 Å². The van der Waals surface area contributed by atoms with Crippen LogP contribution in [0.5, 0.6) is 0 Å². The zero-order chi connectivity index (χ0) is 9.73. The van der Waals surface area contributed by atoms with Crippen LogP contribution in [-0.2, 0) is 4.79 Å². The number of hydrogen-bond acceptors (Lipinski definition) is 1. The molecule has 1 aliphatic rings. The van der Waals surface area contributed by atoms with Gasteiger partial charge in [0.15, 0.2) is 0 Å². The van der Waals surface area contributed by atoms with Gasteiger partial charge in [0.25, 0.3) is 0 Å². The van der Waals surface area contributed by atoms with E-state index < -0.39 is 0 Å². The summed E-state index contributed by atoms with van der Waals surface area (Å²) in [5.41, 5.74) is 1.90. The first-order chi connectivity index (χ1) is 6.18. The van der Waals surface area contributed by atoms with E-state index >= 15 is 0 Å². The van der Waals surface area contributed by atoms with Gasteiger partial charge in [0, 0.05) is 6.42 Å². The number of allylic oxidation sites excluding steroid dienone is 2. The molecule has 0 aliphatic heterocycles. The fourth-order valence-electron chi connectivity index (χ4n) is 2.02. The predicted octanol–water partition coefficient (Wildman–Crippen LogP) is 3.49. The van der Waals surface area contributed by atoms with Crippen molar-refractivity contribution in [1.82, 2.24) is 0 Å². The first-order valence-electron chi connectivity index (χ1n) is 5.26. The maximum absolute atomic E-state index is 10.3. The van der Waals surface area contributed by atoms with E-state index in [0.29, 0.717) is 5.41 Å². The van der Waals surface area contributed by atoms with Gasteiger partial charge in [0.05, 0.1) is 0 Å². The van der Waals surface area contributed by atoms with Crippen molar-refractivity contribution >= 4 is 6.29 Å². The normalized spacial score (nSPS) is 18.9. The van der Waals surface area contributed by atoms with Gasteiger partial charge >= 0.3 is 0 Å². The van der Waals surface area contributed by atoms with E-state index in [1.54, 1.807) is 0 Å². The summed E-state index contributed by atoms with van der Waals surface area (Å²) in [5, 5.41) is 0. The molecule has 0 aromatic heterocycles. The second-order valence-corrected chi connectivity index (χ2v) is 4.54. The summed E-state index contributed by atoms with van der Waals surface area (Å²) in [5.74, 6) is 0. The molecule has 1 aliphatic carbocycles. The summed E-state index contributed by atoms with van der Waals surface area (Å²) in [4.78, 5) is 10.3. The van der Waals surface area contributed by atoms with Crippen LogP contribution in [0, 0.1) is 5.41 Å². The lowest BCUT2D eigenvalue weighted by Crippen LogP contribution is -2.28. The van der Waals surface area contributed by atoms with Gasteiger partial charge < -0.3 is 4.79 Å². The lowest BCUT2D eigenvalue weighted by Gasteiger charge is -2.41. The molecule has 0 aromatic rings. The van der Waals surface area contributed by atoms with Crippen molar-refractivity contribution in [3.05, 3.63) is 11.6 Å². The molecule has 1 fully saturated rings. The van der Waals surface area contributed by atoms with Crippen molar-refractivity contribution in [3.63, 3.8) is 0 Å². The second-order valence-electron chi connectivity index (χ2n) is 4.54. The molecule has 0 atom stereocenters. The Morgan fingerprint density at radius 3 is 2.46 bits per heavy atom. The van der Waals surface area contributed by atoms with Crippen LogP contribution >= 0.6 is 0 Å². The van der Waals surface area contributed by atoms with Crippen LogP contribution in [0.3, 0.4) is 0 Å². The lowest BCUT2D eigenvalue weighted by molar-refractivity contribution is -0.108. The van der Waals surface area contributed by atoms with Gasteiger partial charge in [-0.15, -0.1) is 0 Å². The minimum absolute atomic E-state index is 0.498. The van der Waals surface area contributed by atoms with Crippen molar-refractivity contribution in [2.24, 2.45) is 5.41 Å². The molecule has 0 heterocycles. The average molecular weight is 180 g/mol. The quantitative estimate of drug-likeness (QED) is 0.467. The molecule has 0 radical (unpaired) electrons. The second kappa shape index (κ2) is 4.59. The summed E-state index contributed by atoms with van der Waals surface area (Å²) in [6.45, 7) is 4.29. The van der Waals surface area contributed by atoms with Crippen molar-refractivity contribution in [3.8, 4) is 0 Å². The van der Waals surface area contributed by atoms with Gasteiger partial charge in [-0.3, -0.25) is 0 Å². The van der Waals surface area contributed by atoms with Gasteiger partial charge in [0.2, 0.25) is 0 Å². The molecule has 0 bridgehead atoms. The van der Waals surface area contributed by atoms with Crippen LogP contribution in [0.4, 0.5) is 0 Å². The fraction of sp³-hybridized carbons (Fsp3) is 0.750. The Labute approximate surface area is 81.2 Å². The Balaban J connectivity index is 2.40. The Hall–Kier alpha value is -0.590. The van der Waals surface area contributed by atoms with Crippen molar-refractivity contribution in [2.45, 2.75) is 52.4 Å². The van der Waals surface area contributed by atoms with E-state index in [4.69, 9.17) is 0 Å². The molecule has 1 nitrogen and oxygen atoms in total. The molecular weight excluding hydrogens is 160 g/mol. The summed E-state index contributed by atoms with van der Waals surface area (Å²) in [6, 6.07) is 0. The molecule has 0 N–H and O–H groups in total. The highest BCUT2D eigenvalue weighted by Crippen LogP contribution is 2.47. The molecule has 13 heavy (non-hydrogen) atoms. The predicted molar refractivity (Wildman–Crippen MR) is 55.6 cm³/mol. The third kappa shape index (κ3) is 2.98. The molecular formula is C12H20O. The van der Waals surface area contributed by atoms with E-state index in [9.17, 15) is 4.79 Å². The molecule has 74 valence electrons. The number of carbonyl (C=O) groups excluding carboxylic acids is 1. The Morgan fingerprint density at radius 1 is 1.38 bits per heavy atom. The molecule has 1 rings (SSSR count). The topological polar surface area (TPSA) is 17.1 Å². The van der Waals surface area contributed by atoms with Crippen molar-refractivity contribution in [2.75, 3.05) is 0 Å². The molecule has 0 aromatic carbocycles. The number of hydrogen-bond donors (Lipinski definition) is 0. The third-order valence-electron chi connectivity index (χ3n) is 3.15. The molecule has 0 spiro atoms. The monoisotopic (exact) mass is 180 g/mol. The Bertz CT molecular complexity index is 195.